The van der Waals surface area contributed by atoms with E-state index in [0.29, 0.717) is 30.2 Å². The molecule has 2 aliphatic heterocycles. The third-order valence-electron chi connectivity index (χ3n) is 8.05. The van der Waals surface area contributed by atoms with Crippen LogP contribution < -0.4 is 10.1 Å². The van der Waals surface area contributed by atoms with Gasteiger partial charge in [-0.05, 0) is 57.4 Å². The molecule has 1 spiro atoms. The summed E-state index contributed by atoms with van der Waals surface area (Å²) in [4.78, 5) is 31.4. The number of ether oxygens (including phenoxy) is 1. The van der Waals surface area contributed by atoms with Crippen LogP contribution in [0.1, 0.15) is 52.1 Å². The highest BCUT2D eigenvalue weighted by molar-refractivity contribution is 5.96. The van der Waals surface area contributed by atoms with Crippen LogP contribution in [-0.4, -0.2) is 57.6 Å². The van der Waals surface area contributed by atoms with Gasteiger partial charge in [-0.1, -0.05) is 35.9 Å². The average Bonchev–Trinajstić information content (AvgIpc) is 3.21. The van der Waals surface area contributed by atoms with Gasteiger partial charge in [0.25, 0.3) is 11.8 Å². The molecule has 194 valence electrons. The van der Waals surface area contributed by atoms with E-state index in [1.165, 1.54) is 5.56 Å². The number of hydrogen-bond donors (Lipinski definition) is 2. The second-order valence-corrected chi connectivity index (χ2v) is 10.6. The lowest BCUT2D eigenvalue weighted by Crippen LogP contribution is -2.41. The summed E-state index contributed by atoms with van der Waals surface area (Å²) < 4.78 is 5.73. The summed E-state index contributed by atoms with van der Waals surface area (Å²) in [7, 11) is 0. The van der Waals surface area contributed by atoms with Gasteiger partial charge in [0, 0.05) is 43.5 Å². The van der Waals surface area contributed by atoms with E-state index in [4.69, 9.17) is 4.74 Å². The topological polar surface area (TPSA) is 100 Å². The maximum absolute atomic E-state index is 12.9. The molecule has 2 aromatic heterocycles. The smallest absolute Gasteiger partial charge is 0.261 e. The molecule has 1 aromatic carbocycles. The summed E-state index contributed by atoms with van der Waals surface area (Å²) >= 11 is 0. The minimum atomic E-state index is -0.459. The quantitative estimate of drug-likeness (QED) is 0.567. The van der Waals surface area contributed by atoms with Crippen molar-refractivity contribution in [3.63, 3.8) is 0 Å². The summed E-state index contributed by atoms with van der Waals surface area (Å²) in [5, 5.41) is 10.1. The zero-order valence-electron chi connectivity index (χ0n) is 21.8. The van der Waals surface area contributed by atoms with E-state index >= 15 is 0 Å². The Labute approximate surface area is 217 Å². The average molecular weight is 502 g/mol. The molecule has 4 heterocycles. The van der Waals surface area contributed by atoms with E-state index < -0.39 is 6.10 Å². The summed E-state index contributed by atoms with van der Waals surface area (Å²) in [6, 6.07) is 12.2. The van der Waals surface area contributed by atoms with Crippen molar-refractivity contribution in [1.82, 2.24) is 25.4 Å². The van der Waals surface area contributed by atoms with E-state index in [0.717, 1.165) is 49.3 Å². The first-order valence-corrected chi connectivity index (χ1v) is 13.1. The summed E-state index contributed by atoms with van der Waals surface area (Å²) in [6.07, 6.45) is 6.64. The second-order valence-electron chi connectivity index (χ2n) is 10.6. The molecular weight excluding hydrogens is 466 g/mol. The lowest BCUT2D eigenvalue weighted by molar-refractivity contribution is -0.127. The van der Waals surface area contributed by atoms with Crippen LogP contribution in [0.3, 0.4) is 0 Å². The number of aromatic nitrogens is 3. The van der Waals surface area contributed by atoms with E-state index in [9.17, 15) is 9.59 Å². The number of carbonyl (C=O) groups excluding carboxylic acids is 2. The maximum Gasteiger partial charge on any atom is 0.261 e. The fourth-order valence-corrected chi connectivity index (χ4v) is 5.61. The Balaban J connectivity index is 0.000000348. The summed E-state index contributed by atoms with van der Waals surface area (Å²) in [6.45, 7) is 8.05. The number of H-pyrrole nitrogens is 1. The largest absolute Gasteiger partial charge is 0.478 e. The third kappa shape index (κ3) is 5.38. The van der Waals surface area contributed by atoms with Crippen LogP contribution >= 0.6 is 0 Å². The van der Waals surface area contributed by atoms with E-state index in [-0.39, 0.29) is 17.2 Å². The molecule has 1 saturated heterocycles. The molecule has 0 bridgehead atoms. The number of piperidine rings is 1. The molecule has 3 aliphatic rings. The van der Waals surface area contributed by atoms with Gasteiger partial charge in [-0.3, -0.25) is 19.7 Å². The van der Waals surface area contributed by atoms with Crippen molar-refractivity contribution >= 4 is 11.8 Å². The van der Waals surface area contributed by atoms with Crippen molar-refractivity contribution in [2.45, 2.75) is 52.6 Å². The molecule has 2 amide bonds. The van der Waals surface area contributed by atoms with E-state index in [1.54, 1.807) is 12.4 Å². The fourth-order valence-electron chi connectivity index (χ4n) is 5.61. The number of benzene rings is 1. The monoisotopic (exact) mass is 501 g/mol. The van der Waals surface area contributed by atoms with Gasteiger partial charge in [-0.25, -0.2) is 0 Å². The molecule has 1 aliphatic carbocycles. The van der Waals surface area contributed by atoms with Crippen molar-refractivity contribution in [2.75, 3.05) is 19.6 Å². The SMILES string of the molecule is Cc1ccccc1.Cc1n[nH]c(C)c1C(=O)N1CCC2(CC1)CC2CNC(=O)C1Cc2ccncc2O1. The number of amides is 2. The van der Waals surface area contributed by atoms with Gasteiger partial charge in [0.05, 0.1) is 17.5 Å². The van der Waals surface area contributed by atoms with Crippen molar-refractivity contribution in [3.05, 3.63) is 76.9 Å². The minimum Gasteiger partial charge on any atom is -0.478 e. The van der Waals surface area contributed by atoms with Crippen molar-refractivity contribution in [1.29, 1.82) is 0 Å². The predicted molar refractivity (Wildman–Crippen MR) is 140 cm³/mol. The number of aryl methyl sites for hydroxylation is 3. The minimum absolute atomic E-state index is 0.0493. The Bertz CT molecular complexity index is 1220. The summed E-state index contributed by atoms with van der Waals surface area (Å²) in [5.74, 6) is 1.22. The van der Waals surface area contributed by atoms with Crippen LogP contribution in [0.25, 0.3) is 0 Å². The molecular formula is C29H35N5O3. The first-order valence-electron chi connectivity index (χ1n) is 13.1. The molecule has 0 radical (unpaired) electrons. The van der Waals surface area contributed by atoms with Crippen LogP contribution in [0.15, 0.2) is 48.8 Å². The number of rotatable bonds is 4. The number of carbonyl (C=O) groups is 2. The molecule has 2 fully saturated rings. The molecule has 37 heavy (non-hydrogen) atoms. The Morgan fingerprint density at radius 2 is 1.89 bits per heavy atom. The van der Waals surface area contributed by atoms with Gasteiger partial charge >= 0.3 is 0 Å². The van der Waals surface area contributed by atoms with Gasteiger partial charge in [-0.2, -0.15) is 5.10 Å². The number of aromatic amines is 1. The van der Waals surface area contributed by atoms with Crippen molar-refractivity contribution in [3.8, 4) is 5.75 Å². The normalized spacial score (nSPS) is 20.9. The number of nitrogens with one attached hydrogen (secondary N) is 2. The Kier molecular flexibility index (Phi) is 7.00. The van der Waals surface area contributed by atoms with Crippen molar-refractivity contribution in [2.24, 2.45) is 11.3 Å². The van der Waals surface area contributed by atoms with E-state index in [1.807, 2.05) is 43.0 Å². The highest BCUT2D eigenvalue weighted by atomic mass is 16.5. The van der Waals surface area contributed by atoms with Crippen LogP contribution in [0.2, 0.25) is 0 Å². The van der Waals surface area contributed by atoms with Gasteiger partial charge in [0.15, 0.2) is 6.10 Å². The molecule has 6 rings (SSSR count). The Morgan fingerprint density at radius 3 is 2.51 bits per heavy atom. The molecule has 2 unspecified atom stereocenters. The number of likely N-dealkylation sites (tertiary alicyclic amines) is 1. The van der Waals surface area contributed by atoms with Gasteiger partial charge in [0.2, 0.25) is 0 Å². The lowest BCUT2D eigenvalue weighted by atomic mass is 9.90. The van der Waals surface area contributed by atoms with E-state index in [2.05, 4.69) is 39.6 Å². The summed E-state index contributed by atoms with van der Waals surface area (Å²) in [5.41, 5.74) is 4.93. The highest BCUT2D eigenvalue weighted by Gasteiger charge is 2.55. The predicted octanol–water partition coefficient (Wildman–Crippen LogP) is 3.78. The van der Waals surface area contributed by atoms with Crippen molar-refractivity contribution < 1.29 is 14.3 Å². The van der Waals surface area contributed by atoms with Gasteiger partial charge < -0.3 is 15.0 Å². The zero-order chi connectivity index (χ0) is 26.0. The molecule has 3 aromatic rings. The molecule has 2 atom stereocenters. The van der Waals surface area contributed by atoms with Gasteiger partial charge in [0.1, 0.15) is 5.75 Å². The second kappa shape index (κ2) is 10.4. The number of pyridine rings is 1. The maximum atomic E-state index is 12.9. The number of nitrogens with zero attached hydrogens (tertiary/aromatic N) is 3. The first kappa shape index (κ1) is 25.0. The molecule has 8 heteroatoms. The highest BCUT2D eigenvalue weighted by Crippen LogP contribution is 2.59. The number of fused-ring (bicyclic) bond motifs is 1. The van der Waals surface area contributed by atoms with Crippen LogP contribution in [0.5, 0.6) is 5.75 Å². The third-order valence-corrected chi connectivity index (χ3v) is 8.05. The standard InChI is InChI=1S/C22H27N5O3.C7H8/c1-13-19(14(2)26-25-13)21(29)27-7-4-22(5-8-27)10-16(22)11-24-20(28)17-9-15-3-6-23-12-18(15)30-17;1-7-5-3-2-4-6-7/h3,6,12,16-17H,4-5,7-11H2,1-2H3,(H,24,28)(H,25,26);2-6H,1H3. The number of hydrogen-bond acceptors (Lipinski definition) is 5. The fraction of sp³-hybridized carbons (Fsp3) is 0.448. The molecule has 8 nitrogen and oxygen atoms in total. The van der Waals surface area contributed by atoms with Gasteiger partial charge in [-0.15, -0.1) is 0 Å². The zero-order valence-corrected chi connectivity index (χ0v) is 21.8. The first-order chi connectivity index (χ1) is 17.9. The molecule has 1 saturated carbocycles. The molecule has 2 N–H and O–H groups in total. The van der Waals surface area contributed by atoms with Crippen LogP contribution in [-0.2, 0) is 11.2 Å². The Morgan fingerprint density at radius 1 is 1.14 bits per heavy atom. The van der Waals surface area contributed by atoms with Crippen LogP contribution in [0.4, 0.5) is 0 Å². The Hall–Kier alpha value is -3.68. The lowest BCUT2D eigenvalue weighted by Gasteiger charge is -2.33. The van der Waals surface area contributed by atoms with Crippen LogP contribution in [0, 0.1) is 32.1 Å².